The fourth-order valence-electron chi connectivity index (χ4n) is 2.15. The lowest BCUT2D eigenvalue weighted by molar-refractivity contribution is 0.171. The van der Waals surface area contributed by atoms with Crippen molar-refractivity contribution < 1.29 is 9.47 Å². The highest BCUT2D eigenvalue weighted by atomic mass is 79.9. The van der Waals surface area contributed by atoms with Crippen LogP contribution in [0.5, 0.6) is 11.5 Å². The van der Waals surface area contributed by atoms with Gasteiger partial charge < -0.3 is 9.47 Å². The van der Waals surface area contributed by atoms with Gasteiger partial charge in [-0.1, -0.05) is 27.5 Å². The lowest BCUT2D eigenvalue weighted by Gasteiger charge is -2.21. The first-order chi connectivity index (χ1) is 9.56. The minimum atomic E-state index is 0.0724. The Morgan fingerprint density at radius 1 is 1.15 bits per heavy atom. The van der Waals surface area contributed by atoms with Crippen molar-refractivity contribution in [3.63, 3.8) is 0 Å². The summed E-state index contributed by atoms with van der Waals surface area (Å²) in [6.07, 6.45) is 0. The van der Waals surface area contributed by atoms with Crippen molar-refractivity contribution in [3.8, 4) is 11.5 Å². The number of benzene rings is 1. The molecular weight excluding hydrogens is 360 g/mol. The topological polar surface area (TPSA) is 18.5 Å². The molecule has 0 fully saturated rings. The number of fused-ring (bicyclic) bond motifs is 1. The molecule has 106 valence electrons. The normalized spacial score (nSPS) is 15.2. The van der Waals surface area contributed by atoms with Gasteiger partial charge in [0.15, 0.2) is 11.5 Å². The van der Waals surface area contributed by atoms with E-state index >= 15 is 0 Å². The van der Waals surface area contributed by atoms with E-state index in [1.807, 2.05) is 12.1 Å². The summed E-state index contributed by atoms with van der Waals surface area (Å²) in [7, 11) is 0. The molecule has 1 aliphatic heterocycles. The highest BCUT2D eigenvalue weighted by Crippen LogP contribution is 2.44. The largest absolute Gasteiger partial charge is 0.486 e. The molecule has 2 aromatic rings. The van der Waals surface area contributed by atoms with E-state index in [0.29, 0.717) is 18.2 Å². The SMILES string of the molecule is Cc1cc(C(Br)c2cc3c(cc2Cl)OCCO3)sc1C. The molecule has 0 radical (unpaired) electrons. The molecule has 0 saturated carbocycles. The molecule has 1 aromatic heterocycles. The molecule has 5 heteroatoms. The van der Waals surface area contributed by atoms with Crippen molar-refractivity contribution in [2.45, 2.75) is 18.7 Å². The third-order valence-electron chi connectivity index (χ3n) is 3.37. The van der Waals surface area contributed by atoms with Gasteiger partial charge in [-0.2, -0.15) is 0 Å². The third kappa shape index (κ3) is 2.57. The Balaban J connectivity index is 2.00. The lowest BCUT2D eigenvalue weighted by Crippen LogP contribution is -2.15. The monoisotopic (exact) mass is 372 g/mol. The third-order valence-corrected chi connectivity index (χ3v) is 6.20. The Hall–Kier alpha value is -0.710. The Bertz CT molecular complexity index is 634. The predicted octanol–water partition coefficient (Wildman–Crippen LogP) is 5.27. The molecular formula is C15H14BrClO2S. The first kappa shape index (κ1) is 14.2. The number of halogens is 2. The van der Waals surface area contributed by atoms with Crippen LogP contribution in [0.4, 0.5) is 0 Å². The Morgan fingerprint density at radius 3 is 2.40 bits per heavy atom. The number of thiophene rings is 1. The summed E-state index contributed by atoms with van der Waals surface area (Å²) in [6.45, 7) is 5.41. The Labute approximate surface area is 135 Å². The summed E-state index contributed by atoms with van der Waals surface area (Å²) in [6, 6.07) is 6.01. The molecule has 0 aliphatic carbocycles. The average Bonchev–Trinajstić information content (AvgIpc) is 2.77. The molecule has 1 unspecified atom stereocenters. The zero-order chi connectivity index (χ0) is 14.3. The average molecular weight is 374 g/mol. The van der Waals surface area contributed by atoms with E-state index in [2.05, 4.69) is 35.8 Å². The zero-order valence-electron chi connectivity index (χ0n) is 11.2. The van der Waals surface area contributed by atoms with Gasteiger partial charge in [0.05, 0.1) is 4.83 Å². The quantitative estimate of drug-likeness (QED) is 0.667. The van der Waals surface area contributed by atoms with Crippen LogP contribution in [-0.4, -0.2) is 13.2 Å². The molecule has 0 bridgehead atoms. The van der Waals surface area contributed by atoms with Crippen LogP contribution in [0.1, 0.15) is 25.7 Å². The number of rotatable bonds is 2. The molecule has 3 rings (SSSR count). The maximum Gasteiger partial charge on any atom is 0.162 e. The lowest BCUT2D eigenvalue weighted by atomic mass is 10.1. The molecule has 2 nitrogen and oxygen atoms in total. The van der Waals surface area contributed by atoms with Gasteiger partial charge in [0, 0.05) is 20.8 Å². The predicted molar refractivity (Wildman–Crippen MR) is 87.0 cm³/mol. The summed E-state index contributed by atoms with van der Waals surface area (Å²) in [4.78, 5) is 2.65. The van der Waals surface area contributed by atoms with E-state index in [1.165, 1.54) is 15.3 Å². The number of hydrogen-bond acceptors (Lipinski definition) is 3. The Morgan fingerprint density at radius 2 is 1.80 bits per heavy atom. The maximum atomic E-state index is 6.39. The van der Waals surface area contributed by atoms with E-state index < -0.39 is 0 Å². The van der Waals surface area contributed by atoms with Gasteiger partial charge in [-0.05, 0) is 37.1 Å². The minimum Gasteiger partial charge on any atom is -0.486 e. The van der Waals surface area contributed by atoms with Crippen LogP contribution < -0.4 is 9.47 Å². The summed E-state index contributed by atoms with van der Waals surface area (Å²) < 4.78 is 11.2. The van der Waals surface area contributed by atoms with E-state index in [-0.39, 0.29) is 4.83 Å². The second-order valence-corrected chi connectivity index (χ2v) is 7.38. The summed E-state index contributed by atoms with van der Waals surface area (Å²) >= 11 is 11.9. The summed E-state index contributed by atoms with van der Waals surface area (Å²) in [5.41, 5.74) is 2.32. The van der Waals surface area contributed by atoms with Gasteiger partial charge in [0.2, 0.25) is 0 Å². The molecule has 2 heterocycles. The molecule has 0 spiro atoms. The second-order valence-electron chi connectivity index (χ2n) is 4.77. The number of ether oxygens (including phenoxy) is 2. The van der Waals surface area contributed by atoms with Crippen LogP contribution >= 0.6 is 38.9 Å². The highest BCUT2D eigenvalue weighted by Gasteiger charge is 2.21. The number of hydrogen-bond donors (Lipinski definition) is 0. The maximum absolute atomic E-state index is 6.39. The van der Waals surface area contributed by atoms with Gasteiger partial charge >= 0.3 is 0 Å². The zero-order valence-corrected chi connectivity index (χ0v) is 14.4. The molecule has 0 saturated heterocycles. The van der Waals surface area contributed by atoms with Crippen LogP contribution in [0, 0.1) is 13.8 Å². The summed E-state index contributed by atoms with van der Waals surface area (Å²) in [5, 5.41) is 0.694. The summed E-state index contributed by atoms with van der Waals surface area (Å²) in [5.74, 6) is 1.49. The second kappa shape index (κ2) is 5.58. The highest BCUT2D eigenvalue weighted by molar-refractivity contribution is 9.09. The minimum absolute atomic E-state index is 0.0724. The fraction of sp³-hybridized carbons (Fsp3) is 0.333. The standard InChI is InChI=1S/C15H14BrClO2S/c1-8-5-14(20-9(8)2)15(16)10-6-12-13(7-11(10)17)19-4-3-18-12/h5-7,15H,3-4H2,1-2H3. The van der Waals surface area contributed by atoms with Crippen LogP contribution in [0.15, 0.2) is 18.2 Å². The molecule has 1 atom stereocenters. The molecule has 1 aliphatic rings. The van der Waals surface area contributed by atoms with Crippen LogP contribution in [0.3, 0.4) is 0 Å². The Kier molecular flexibility index (Phi) is 3.98. The van der Waals surface area contributed by atoms with E-state index in [4.69, 9.17) is 21.1 Å². The van der Waals surface area contributed by atoms with Gasteiger partial charge in [0.25, 0.3) is 0 Å². The van der Waals surface area contributed by atoms with Crippen molar-refractivity contribution in [1.82, 2.24) is 0 Å². The van der Waals surface area contributed by atoms with Gasteiger partial charge in [-0.3, -0.25) is 0 Å². The fourth-order valence-corrected chi connectivity index (χ4v) is 4.38. The van der Waals surface area contributed by atoms with E-state index in [9.17, 15) is 0 Å². The van der Waals surface area contributed by atoms with Crippen LogP contribution in [0.2, 0.25) is 5.02 Å². The van der Waals surface area contributed by atoms with Crippen molar-refractivity contribution in [1.29, 1.82) is 0 Å². The van der Waals surface area contributed by atoms with Gasteiger partial charge in [-0.25, -0.2) is 0 Å². The van der Waals surface area contributed by atoms with Crippen molar-refractivity contribution in [2.24, 2.45) is 0 Å². The molecule has 0 N–H and O–H groups in total. The number of aryl methyl sites for hydroxylation is 2. The molecule has 20 heavy (non-hydrogen) atoms. The molecule has 1 aromatic carbocycles. The van der Waals surface area contributed by atoms with Crippen molar-refractivity contribution >= 4 is 38.9 Å². The van der Waals surface area contributed by atoms with Gasteiger partial charge in [-0.15, -0.1) is 11.3 Å². The molecule has 0 amide bonds. The van der Waals surface area contributed by atoms with Crippen LogP contribution in [0.25, 0.3) is 0 Å². The van der Waals surface area contributed by atoms with Gasteiger partial charge in [0.1, 0.15) is 13.2 Å². The number of alkyl halides is 1. The van der Waals surface area contributed by atoms with Crippen LogP contribution in [-0.2, 0) is 0 Å². The smallest absolute Gasteiger partial charge is 0.162 e. The van der Waals surface area contributed by atoms with E-state index in [0.717, 1.165) is 17.1 Å². The van der Waals surface area contributed by atoms with E-state index in [1.54, 1.807) is 11.3 Å². The van der Waals surface area contributed by atoms with Crippen molar-refractivity contribution in [3.05, 3.63) is 44.1 Å². The first-order valence-electron chi connectivity index (χ1n) is 6.36. The first-order valence-corrected chi connectivity index (χ1v) is 8.47. The van der Waals surface area contributed by atoms with Crippen molar-refractivity contribution in [2.75, 3.05) is 13.2 Å².